The van der Waals surface area contributed by atoms with Crippen LogP contribution in [0.15, 0.2) is 59.9 Å². The molecular formula is C26H25FN2O5S. The number of methoxy groups -OCH3 is 1. The first kappa shape index (κ1) is 24.6. The highest BCUT2D eigenvalue weighted by atomic mass is 32.1. The van der Waals surface area contributed by atoms with Gasteiger partial charge in [-0.05, 0) is 49.2 Å². The van der Waals surface area contributed by atoms with Crippen LogP contribution in [-0.2, 0) is 16.1 Å². The number of benzene rings is 2. The highest BCUT2D eigenvalue weighted by Crippen LogP contribution is 2.40. The van der Waals surface area contributed by atoms with Crippen LogP contribution in [0.3, 0.4) is 0 Å². The lowest BCUT2D eigenvalue weighted by Gasteiger charge is -2.26. The molecule has 182 valence electrons. The molecule has 0 radical (unpaired) electrons. The third-order valence-corrected chi connectivity index (χ3v) is 6.76. The average molecular weight is 497 g/mol. The number of nitrogens with zero attached hydrogens (tertiary/aromatic N) is 2. The van der Waals surface area contributed by atoms with Crippen LogP contribution in [0.5, 0.6) is 5.75 Å². The second-order valence-corrected chi connectivity index (χ2v) is 9.32. The van der Waals surface area contributed by atoms with Crippen LogP contribution in [0, 0.1) is 19.7 Å². The molecule has 0 fully saturated rings. The third kappa shape index (κ3) is 5.11. The minimum Gasteiger partial charge on any atom is -0.503 e. The van der Waals surface area contributed by atoms with Crippen LogP contribution in [-0.4, -0.2) is 46.9 Å². The first-order valence-corrected chi connectivity index (χ1v) is 11.8. The Hall–Kier alpha value is -3.56. The van der Waals surface area contributed by atoms with E-state index in [9.17, 15) is 19.1 Å². The van der Waals surface area contributed by atoms with E-state index >= 15 is 0 Å². The number of aliphatic hydroxyl groups is 1. The monoisotopic (exact) mass is 496 g/mol. The Balaban J connectivity index is 1.68. The Kier molecular flexibility index (Phi) is 7.28. The van der Waals surface area contributed by atoms with Gasteiger partial charge in [0.25, 0.3) is 5.91 Å². The Bertz CT molecular complexity index is 1290. The number of hydrogen-bond acceptors (Lipinski definition) is 7. The van der Waals surface area contributed by atoms with Crippen LogP contribution < -0.4 is 4.74 Å². The highest BCUT2D eigenvalue weighted by Gasteiger charge is 2.44. The quantitative estimate of drug-likeness (QED) is 0.432. The van der Waals surface area contributed by atoms with E-state index in [4.69, 9.17) is 9.47 Å². The molecule has 1 aromatic heterocycles. The molecule has 1 aliphatic heterocycles. The summed E-state index contributed by atoms with van der Waals surface area (Å²) in [6, 6.07) is 12.2. The zero-order valence-corrected chi connectivity index (χ0v) is 20.4. The second kappa shape index (κ2) is 10.4. The maximum atomic E-state index is 13.5. The summed E-state index contributed by atoms with van der Waals surface area (Å²) in [6.07, 6.45) is 0. The summed E-state index contributed by atoms with van der Waals surface area (Å²) in [5.74, 6) is -1.45. The van der Waals surface area contributed by atoms with Crippen LogP contribution in [0.25, 0.3) is 0 Å². The van der Waals surface area contributed by atoms with Gasteiger partial charge in [-0.2, -0.15) is 0 Å². The molecular weight excluding hydrogens is 471 g/mol. The lowest BCUT2D eigenvalue weighted by molar-refractivity contribution is -0.130. The van der Waals surface area contributed by atoms with E-state index in [0.717, 1.165) is 10.6 Å². The van der Waals surface area contributed by atoms with E-state index in [-0.39, 0.29) is 31.1 Å². The second-order valence-electron chi connectivity index (χ2n) is 8.12. The predicted octanol–water partition coefficient (Wildman–Crippen LogP) is 4.70. The molecule has 1 amide bonds. The smallest absolute Gasteiger partial charge is 0.290 e. The van der Waals surface area contributed by atoms with Gasteiger partial charge in [-0.25, -0.2) is 9.37 Å². The number of hydrogen-bond donors (Lipinski definition) is 1. The normalized spacial score (nSPS) is 15.7. The van der Waals surface area contributed by atoms with Crippen molar-refractivity contribution in [2.24, 2.45) is 0 Å². The van der Waals surface area contributed by atoms with Gasteiger partial charge in [0.1, 0.15) is 18.2 Å². The summed E-state index contributed by atoms with van der Waals surface area (Å²) < 4.78 is 24.2. The first-order chi connectivity index (χ1) is 16.8. The molecule has 4 rings (SSSR count). The molecule has 0 saturated heterocycles. The molecule has 35 heavy (non-hydrogen) atoms. The lowest BCUT2D eigenvalue weighted by atomic mass is 9.95. The summed E-state index contributed by atoms with van der Waals surface area (Å²) in [7, 11) is 1.52. The topological polar surface area (TPSA) is 89.0 Å². The fourth-order valence-corrected chi connectivity index (χ4v) is 4.91. The molecule has 1 N–H and O–H groups in total. The van der Waals surface area contributed by atoms with Gasteiger partial charge < -0.3 is 19.5 Å². The zero-order chi connectivity index (χ0) is 25.1. The number of ether oxygens (including phenoxy) is 2. The molecule has 0 bridgehead atoms. The van der Waals surface area contributed by atoms with E-state index in [1.54, 1.807) is 50.2 Å². The summed E-state index contributed by atoms with van der Waals surface area (Å²) in [6.45, 7) is 4.16. The number of aromatic nitrogens is 1. The molecule has 1 aliphatic rings. The number of aryl methyl sites for hydroxylation is 2. The summed E-state index contributed by atoms with van der Waals surface area (Å²) in [5.41, 5.74) is 1.96. The number of carbonyl (C=O) groups excluding carboxylic acids is 2. The summed E-state index contributed by atoms with van der Waals surface area (Å²) in [4.78, 5) is 32.7. The van der Waals surface area contributed by atoms with Gasteiger partial charge in [0.15, 0.2) is 5.76 Å². The summed E-state index contributed by atoms with van der Waals surface area (Å²) >= 11 is 1.23. The number of Topliss-reactive ketones (excluding diaryl/α,β-unsaturated/α-hetero) is 1. The maximum absolute atomic E-state index is 13.5. The first-order valence-electron chi connectivity index (χ1n) is 11.0. The largest absolute Gasteiger partial charge is 0.503 e. The van der Waals surface area contributed by atoms with Gasteiger partial charge in [-0.3, -0.25) is 9.59 Å². The van der Waals surface area contributed by atoms with Gasteiger partial charge in [-0.15, -0.1) is 11.3 Å². The van der Waals surface area contributed by atoms with Crippen molar-refractivity contribution in [2.75, 3.05) is 20.3 Å². The molecule has 0 aliphatic carbocycles. The Labute approximate surface area is 206 Å². The van der Waals surface area contributed by atoms with E-state index < -0.39 is 23.5 Å². The van der Waals surface area contributed by atoms with E-state index in [1.165, 1.54) is 35.5 Å². The van der Waals surface area contributed by atoms with Gasteiger partial charge in [0.05, 0.1) is 33.8 Å². The number of amides is 1. The summed E-state index contributed by atoms with van der Waals surface area (Å²) in [5, 5.41) is 11.5. The van der Waals surface area contributed by atoms with Crippen molar-refractivity contribution in [3.63, 3.8) is 0 Å². The van der Waals surface area contributed by atoms with Crippen LogP contribution in [0.4, 0.5) is 4.39 Å². The minimum absolute atomic E-state index is 0.00791. The number of halogens is 1. The fraction of sp³-hybridized carbons (Fsp3) is 0.269. The molecule has 0 spiro atoms. The van der Waals surface area contributed by atoms with Crippen LogP contribution in [0.2, 0.25) is 0 Å². The zero-order valence-electron chi connectivity index (χ0n) is 19.6. The number of rotatable bonds is 9. The molecule has 7 nitrogen and oxygen atoms in total. The molecule has 2 aromatic carbocycles. The molecule has 0 saturated carbocycles. The van der Waals surface area contributed by atoms with Crippen molar-refractivity contribution >= 4 is 23.0 Å². The van der Waals surface area contributed by atoms with Crippen molar-refractivity contribution in [1.29, 1.82) is 0 Å². The fourth-order valence-electron chi connectivity index (χ4n) is 4.04. The Morgan fingerprint density at radius 1 is 1.20 bits per heavy atom. The van der Waals surface area contributed by atoms with Crippen molar-refractivity contribution in [3.05, 3.63) is 92.4 Å². The molecule has 1 atom stereocenters. The van der Waals surface area contributed by atoms with Crippen molar-refractivity contribution in [2.45, 2.75) is 26.5 Å². The van der Waals surface area contributed by atoms with Gasteiger partial charge in [0.2, 0.25) is 5.78 Å². The van der Waals surface area contributed by atoms with Crippen LogP contribution >= 0.6 is 11.3 Å². The standard InChI is InChI=1S/C26H25FN2O5S/c1-15-25(35-16(2)28-15)23(30)21-22(29(11-12-33-3)26(32)24(21)31)18-5-4-6-20(13-18)34-14-17-7-9-19(27)10-8-17/h4-10,13,22,31H,11-12,14H2,1-3H3. The SMILES string of the molecule is COCCN1C(=O)C(O)=C(C(=O)c2sc(C)nc2C)C1c1cccc(OCc2ccc(F)cc2)c1. The number of thiazole rings is 1. The minimum atomic E-state index is -0.818. The van der Waals surface area contributed by atoms with E-state index in [0.29, 0.717) is 21.9 Å². The van der Waals surface area contributed by atoms with E-state index in [2.05, 4.69) is 4.98 Å². The van der Waals surface area contributed by atoms with Gasteiger partial charge in [-0.1, -0.05) is 24.3 Å². The molecule has 1 unspecified atom stereocenters. The number of aliphatic hydroxyl groups excluding tert-OH is 1. The molecule has 2 heterocycles. The Morgan fingerprint density at radius 2 is 1.94 bits per heavy atom. The number of ketones is 1. The lowest BCUT2D eigenvalue weighted by Crippen LogP contribution is -2.34. The molecule has 3 aromatic rings. The van der Waals surface area contributed by atoms with Gasteiger partial charge in [0, 0.05) is 13.7 Å². The van der Waals surface area contributed by atoms with Crippen molar-refractivity contribution < 1.29 is 28.6 Å². The average Bonchev–Trinajstić information content (AvgIpc) is 3.32. The van der Waals surface area contributed by atoms with Crippen molar-refractivity contribution in [1.82, 2.24) is 9.88 Å². The third-order valence-electron chi connectivity index (χ3n) is 5.69. The maximum Gasteiger partial charge on any atom is 0.290 e. The predicted molar refractivity (Wildman–Crippen MR) is 129 cm³/mol. The van der Waals surface area contributed by atoms with Crippen molar-refractivity contribution in [3.8, 4) is 5.75 Å². The van der Waals surface area contributed by atoms with E-state index in [1.807, 2.05) is 0 Å². The van der Waals surface area contributed by atoms with Gasteiger partial charge >= 0.3 is 0 Å². The highest BCUT2D eigenvalue weighted by molar-refractivity contribution is 7.14. The Morgan fingerprint density at radius 3 is 2.60 bits per heavy atom. The van der Waals surface area contributed by atoms with Crippen LogP contribution in [0.1, 0.15) is 37.5 Å². The molecule has 9 heteroatoms. The number of carbonyl (C=O) groups is 2.